The summed E-state index contributed by atoms with van der Waals surface area (Å²) in [4.78, 5) is 5.52. The molecular weight excluding hydrogens is 380 g/mol. The fourth-order valence-electron chi connectivity index (χ4n) is 3.54. The quantitative estimate of drug-likeness (QED) is 0.512. The molecule has 1 saturated carbocycles. The number of halogens is 1. The molecule has 0 unspecified atom stereocenters. The maximum atomic E-state index is 5.95. The molecule has 0 spiro atoms. The maximum absolute atomic E-state index is 5.95. The molecule has 138 valence electrons. The van der Waals surface area contributed by atoms with Crippen LogP contribution in [0.15, 0.2) is 42.7 Å². The minimum absolute atomic E-state index is 0.577. The third-order valence-corrected chi connectivity index (χ3v) is 6.10. The molecule has 5 rings (SSSR count). The second-order valence-electron chi connectivity index (χ2n) is 6.85. The summed E-state index contributed by atoms with van der Waals surface area (Å²) in [5.74, 6) is 0. The van der Waals surface area contributed by atoms with Crippen molar-refractivity contribution in [2.24, 2.45) is 0 Å². The Morgan fingerprint density at radius 1 is 1.11 bits per heavy atom. The zero-order valence-electron chi connectivity index (χ0n) is 14.7. The molecule has 1 aromatic carbocycles. The number of fused-ring (bicyclic) bond motifs is 1. The van der Waals surface area contributed by atoms with Crippen molar-refractivity contribution in [2.45, 2.75) is 38.3 Å². The Balaban J connectivity index is 1.27. The van der Waals surface area contributed by atoms with Crippen molar-refractivity contribution >= 4 is 33.0 Å². The van der Waals surface area contributed by atoms with Crippen LogP contribution in [0.1, 0.15) is 37.4 Å². The largest absolute Gasteiger partial charge is 0.354 e. The van der Waals surface area contributed by atoms with Crippen LogP contribution in [-0.2, 0) is 6.54 Å². The second-order valence-corrected chi connectivity index (χ2v) is 8.24. The molecule has 27 heavy (non-hydrogen) atoms. The van der Waals surface area contributed by atoms with Gasteiger partial charge in [0.25, 0.3) is 0 Å². The minimum Gasteiger partial charge on any atom is -0.354 e. The van der Waals surface area contributed by atoms with Crippen molar-refractivity contribution in [1.29, 1.82) is 0 Å². The van der Waals surface area contributed by atoms with Gasteiger partial charge >= 0.3 is 0 Å². The summed E-state index contributed by atoms with van der Waals surface area (Å²) >= 11 is 7.49. The van der Waals surface area contributed by atoms with E-state index < -0.39 is 0 Å². The zero-order valence-corrected chi connectivity index (χ0v) is 16.2. The van der Waals surface area contributed by atoms with E-state index in [-0.39, 0.29) is 0 Å². The molecule has 8 heteroatoms. The predicted octanol–water partition coefficient (Wildman–Crippen LogP) is 5.03. The normalized spacial score (nSPS) is 15.0. The minimum atomic E-state index is 0.577. The number of nitrogens with one attached hydrogen (secondary N) is 1. The molecule has 1 aliphatic rings. The van der Waals surface area contributed by atoms with Crippen LogP contribution in [-0.4, -0.2) is 24.4 Å². The van der Waals surface area contributed by atoms with Gasteiger partial charge in [-0.2, -0.15) is 5.10 Å². The number of aromatic nitrogens is 5. The van der Waals surface area contributed by atoms with E-state index in [1.807, 2.05) is 35.0 Å². The molecule has 1 aliphatic carbocycles. The van der Waals surface area contributed by atoms with Gasteiger partial charge in [0, 0.05) is 16.8 Å². The Morgan fingerprint density at radius 3 is 2.70 bits per heavy atom. The predicted molar refractivity (Wildman–Crippen MR) is 108 cm³/mol. The number of rotatable bonds is 5. The first kappa shape index (κ1) is 16.8. The van der Waals surface area contributed by atoms with E-state index in [9.17, 15) is 0 Å². The Labute approximate surface area is 165 Å². The van der Waals surface area contributed by atoms with Crippen LogP contribution in [0.3, 0.4) is 0 Å². The molecule has 0 radical (unpaired) electrons. The standard InChI is InChI=1S/C19H19ClN6S/c20-14-7-5-13(6-8-14)17-12-26-19(22-17)27-18(24-26)21-11-15-9-10-25(23-15)16-3-1-2-4-16/h5-10,12,16H,1-4,11H2,(H,21,24). The lowest BCUT2D eigenvalue weighted by Crippen LogP contribution is -2.07. The van der Waals surface area contributed by atoms with Gasteiger partial charge in [-0.25, -0.2) is 9.50 Å². The average Bonchev–Trinajstić information content (AvgIpc) is 3.42. The van der Waals surface area contributed by atoms with Crippen LogP contribution in [0.2, 0.25) is 5.02 Å². The van der Waals surface area contributed by atoms with E-state index in [2.05, 4.69) is 32.3 Å². The molecule has 1 fully saturated rings. The van der Waals surface area contributed by atoms with Crippen molar-refractivity contribution in [3.05, 3.63) is 53.4 Å². The van der Waals surface area contributed by atoms with E-state index >= 15 is 0 Å². The zero-order chi connectivity index (χ0) is 18.2. The van der Waals surface area contributed by atoms with Gasteiger partial charge in [0.05, 0.1) is 30.2 Å². The number of hydrogen-bond donors (Lipinski definition) is 1. The summed E-state index contributed by atoms with van der Waals surface area (Å²) in [5, 5.41) is 14.2. The SMILES string of the molecule is Clc1ccc(-c2cn3nc(NCc4ccn(C5CCCC5)n4)sc3n2)cc1. The van der Waals surface area contributed by atoms with E-state index in [0.717, 1.165) is 32.1 Å². The Hall–Kier alpha value is -2.38. The fraction of sp³-hybridized carbons (Fsp3) is 0.316. The van der Waals surface area contributed by atoms with Crippen LogP contribution in [0, 0.1) is 0 Å². The van der Waals surface area contributed by atoms with E-state index in [4.69, 9.17) is 16.7 Å². The van der Waals surface area contributed by atoms with Crippen molar-refractivity contribution in [2.75, 3.05) is 5.32 Å². The lowest BCUT2D eigenvalue weighted by molar-refractivity contribution is 0.463. The van der Waals surface area contributed by atoms with Crippen LogP contribution in [0.25, 0.3) is 16.2 Å². The van der Waals surface area contributed by atoms with Gasteiger partial charge in [-0.05, 0) is 31.0 Å². The summed E-state index contributed by atoms with van der Waals surface area (Å²) in [5.41, 5.74) is 2.97. The summed E-state index contributed by atoms with van der Waals surface area (Å²) in [7, 11) is 0. The van der Waals surface area contributed by atoms with Gasteiger partial charge < -0.3 is 5.32 Å². The van der Waals surface area contributed by atoms with Crippen LogP contribution in [0.4, 0.5) is 5.13 Å². The van der Waals surface area contributed by atoms with Crippen molar-refractivity contribution in [1.82, 2.24) is 24.4 Å². The third-order valence-electron chi connectivity index (χ3n) is 4.97. The first-order valence-corrected chi connectivity index (χ1v) is 10.3. The highest BCUT2D eigenvalue weighted by molar-refractivity contribution is 7.20. The molecule has 3 aromatic heterocycles. The Kier molecular flexibility index (Phi) is 4.33. The lowest BCUT2D eigenvalue weighted by atomic mass is 10.2. The number of benzene rings is 1. The molecular formula is C19H19ClN6S. The van der Waals surface area contributed by atoms with Crippen molar-refractivity contribution in [3.8, 4) is 11.3 Å². The summed E-state index contributed by atoms with van der Waals surface area (Å²) in [6, 6.07) is 10.3. The van der Waals surface area contributed by atoms with Crippen LogP contribution < -0.4 is 5.32 Å². The number of nitrogens with zero attached hydrogens (tertiary/aromatic N) is 5. The molecule has 0 atom stereocenters. The van der Waals surface area contributed by atoms with E-state index in [0.29, 0.717) is 12.6 Å². The first-order chi connectivity index (χ1) is 13.2. The van der Waals surface area contributed by atoms with Crippen molar-refractivity contribution in [3.63, 3.8) is 0 Å². The smallest absolute Gasteiger partial charge is 0.214 e. The topological polar surface area (TPSA) is 60.0 Å². The van der Waals surface area contributed by atoms with Gasteiger partial charge in [0.15, 0.2) is 0 Å². The maximum Gasteiger partial charge on any atom is 0.214 e. The molecule has 0 bridgehead atoms. The molecule has 3 heterocycles. The molecule has 0 amide bonds. The number of anilines is 1. The van der Waals surface area contributed by atoms with Gasteiger partial charge in [0.1, 0.15) is 0 Å². The molecule has 6 nitrogen and oxygen atoms in total. The third kappa shape index (κ3) is 3.44. The molecule has 0 aliphatic heterocycles. The fourth-order valence-corrected chi connectivity index (χ4v) is 4.44. The highest BCUT2D eigenvalue weighted by Gasteiger charge is 2.17. The van der Waals surface area contributed by atoms with Gasteiger partial charge in [0.2, 0.25) is 10.1 Å². The van der Waals surface area contributed by atoms with Crippen LogP contribution in [0.5, 0.6) is 0 Å². The Morgan fingerprint density at radius 2 is 1.93 bits per heavy atom. The Bertz CT molecular complexity index is 1030. The van der Waals surface area contributed by atoms with E-state index in [1.54, 1.807) is 0 Å². The van der Waals surface area contributed by atoms with Crippen LogP contribution >= 0.6 is 22.9 Å². The second kappa shape index (κ2) is 6.98. The monoisotopic (exact) mass is 398 g/mol. The summed E-state index contributed by atoms with van der Waals surface area (Å²) in [6.45, 7) is 0.667. The highest BCUT2D eigenvalue weighted by Crippen LogP contribution is 2.29. The summed E-state index contributed by atoms with van der Waals surface area (Å²) in [6.07, 6.45) is 9.15. The van der Waals surface area contributed by atoms with Gasteiger partial charge in [-0.15, -0.1) is 5.10 Å². The average molecular weight is 399 g/mol. The van der Waals surface area contributed by atoms with E-state index in [1.165, 1.54) is 37.0 Å². The molecule has 1 N–H and O–H groups in total. The van der Waals surface area contributed by atoms with Crippen molar-refractivity contribution < 1.29 is 0 Å². The highest BCUT2D eigenvalue weighted by atomic mass is 35.5. The molecule has 4 aromatic rings. The van der Waals surface area contributed by atoms with Gasteiger partial charge in [-0.1, -0.05) is 47.9 Å². The lowest BCUT2D eigenvalue weighted by Gasteiger charge is -2.08. The summed E-state index contributed by atoms with van der Waals surface area (Å²) < 4.78 is 3.94. The molecule has 0 saturated heterocycles. The van der Waals surface area contributed by atoms with Gasteiger partial charge in [-0.3, -0.25) is 4.68 Å². The number of hydrogen-bond acceptors (Lipinski definition) is 5. The number of imidazole rings is 1. The first-order valence-electron chi connectivity index (χ1n) is 9.15.